The van der Waals surface area contributed by atoms with Crippen LogP contribution in [-0.4, -0.2) is 26.8 Å². The zero-order chi connectivity index (χ0) is 23.9. The average molecular weight is 452 g/mol. The van der Waals surface area contributed by atoms with E-state index in [9.17, 15) is 38.7 Å². The highest BCUT2D eigenvalue weighted by atomic mass is 19.1. The Morgan fingerprint density at radius 1 is 0.939 bits per heavy atom. The van der Waals surface area contributed by atoms with Crippen LogP contribution in [0.3, 0.4) is 0 Å². The van der Waals surface area contributed by atoms with Gasteiger partial charge in [-0.25, -0.2) is 8.78 Å². The predicted octanol–water partition coefficient (Wildman–Crippen LogP) is 4.20. The number of aliphatic hydroxyl groups is 1. The number of amides is 1. The third-order valence-electron chi connectivity index (χ3n) is 5.18. The monoisotopic (exact) mass is 452 g/mol. The quantitative estimate of drug-likeness (QED) is 0.201. The maximum absolute atomic E-state index is 13.5. The Labute approximate surface area is 184 Å². The molecule has 0 aromatic heterocycles. The van der Waals surface area contributed by atoms with E-state index in [-0.39, 0.29) is 16.8 Å². The maximum Gasteiger partial charge on any atom is 0.311 e. The largest absolute Gasteiger partial charge is 0.507 e. The molecule has 166 valence electrons. The van der Waals surface area contributed by atoms with Gasteiger partial charge in [0.25, 0.3) is 11.7 Å². The van der Waals surface area contributed by atoms with E-state index < -0.39 is 57.1 Å². The van der Waals surface area contributed by atoms with Crippen molar-refractivity contribution >= 4 is 28.8 Å². The number of phenols is 1. The number of nitro groups is 1. The molecule has 8 nitrogen and oxygen atoms in total. The molecule has 3 aromatic carbocycles. The minimum atomic E-state index is -1.35. The van der Waals surface area contributed by atoms with Gasteiger partial charge in [0.1, 0.15) is 17.4 Å². The van der Waals surface area contributed by atoms with Gasteiger partial charge in [0.15, 0.2) is 5.75 Å². The molecule has 0 radical (unpaired) electrons. The van der Waals surface area contributed by atoms with Gasteiger partial charge in [0, 0.05) is 17.3 Å². The van der Waals surface area contributed by atoms with Crippen molar-refractivity contribution in [1.82, 2.24) is 0 Å². The van der Waals surface area contributed by atoms with Gasteiger partial charge in [-0.15, -0.1) is 0 Å². The summed E-state index contributed by atoms with van der Waals surface area (Å²) in [5.74, 6) is -4.62. The van der Waals surface area contributed by atoms with Gasteiger partial charge < -0.3 is 10.2 Å². The van der Waals surface area contributed by atoms with E-state index in [0.717, 1.165) is 41.3 Å². The second kappa shape index (κ2) is 8.15. The van der Waals surface area contributed by atoms with Crippen LogP contribution in [0.15, 0.2) is 72.3 Å². The fourth-order valence-corrected chi connectivity index (χ4v) is 3.64. The highest BCUT2D eigenvalue weighted by Gasteiger charge is 2.47. The molecule has 4 rings (SSSR count). The summed E-state index contributed by atoms with van der Waals surface area (Å²) >= 11 is 0. The van der Waals surface area contributed by atoms with Gasteiger partial charge in [-0.1, -0.05) is 6.07 Å². The second-order valence-electron chi connectivity index (χ2n) is 7.16. The van der Waals surface area contributed by atoms with Crippen LogP contribution in [0.5, 0.6) is 5.75 Å². The van der Waals surface area contributed by atoms with Crippen molar-refractivity contribution in [3.8, 4) is 5.75 Å². The van der Waals surface area contributed by atoms with E-state index in [2.05, 4.69) is 0 Å². The molecule has 1 heterocycles. The van der Waals surface area contributed by atoms with Gasteiger partial charge >= 0.3 is 5.69 Å². The number of aromatic hydroxyl groups is 1. The Hall–Kier alpha value is -4.60. The summed E-state index contributed by atoms with van der Waals surface area (Å²) in [6.07, 6.45) is 0. The standard InChI is InChI=1S/C23H14F2N2O6/c24-14-4-1-12(2-5-14)21(29)19-20(13-3-10-18(28)17(11-13)27(32)33)26(23(31)22(19)30)16-8-6-15(25)7-9-16/h1-11,20,28-29H/b21-19-. The molecule has 1 saturated heterocycles. The zero-order valence-electron chi connectivity index (χ0n) is 16.6. The number of rotatable bonds is 4. The summed E-state index contributed by atoms with van der Waals surface area (Å²) in [5.41, 5.74) is -0.925. The van der Waals surface area contributed by atoms with Crippen molar-refractivity contribution in [2.24, 2.45) is 0 Å². The third-order valence-corrected chi connectivity index (χ3v) is 5.18. The molecule has 1 aliphatic rings. The molecule has 1 atom stereocenters. The van der Waals surface area contributed by atoms with Crippen LogP contribution >= 0.6 is 0 Å². The Balaban J connectivity index is 1.98. The first-order valence-corrected chi connectivity index (χ1v) is 9.49. The highest BCUT2D eigenvalue weighted by Crippen LogP contribution is 2.43. The number of carbonyl (C=O) groups is 2. The van der Waals surface area contributed by atoms with Crippen LogP contribution in [0.2, 0.25) is 0 Å². The summed E-state index contributed by atoms with van der Waals surface area (Å²) < 4.78 is 26.8. The lowest BCUT2D eigenvalue weighted by Gasteiger charge is -2.25. The maximum atomic E-state index is 13.5. The lowest BCUT2D eigenvalue weighted by molar-refractivity contribution is -0.385. The van der Waals surface area contributed by atoms with E-state index in [4.69, 9.17) is 0 Å². The topological polar surface area (TPSA) is 121 Å². The highest BCUT2D eigenvalue weighted by molar-refractivity contribution is 6.51. The molecule has 0 spiro atoms. The molecule has 0 saturated carbocycles. The molecule has 1 unspecified atom stereocenters. The summed E-state index contributed by atoms with van der Waals surface area (Å²) in [5, 5.41) is 32.0. The second-order valence-corrected chi connectivity index (χ2v) is 7.16. The number of Topliss-reactive ketones (excluding diaryl/α,β-unsaturated/α-hetero) is 1. The number of anilines is 1. The third kappa shape index (κ3) is 3.78. The SMILES string of the molecule is O=C1C(=O)N(c2ccc(F)cc2)C(c2ccc(O)c([N+](=O)[O-])c2)/C1=C(/O)c1ccc(F)cc1. The van der Waals surface area contributed by atoms with Gasteiger partial charge in [0.2, 0.25) is 0 Å². The van der Waals surface area contributed by atoms with E-state index in [0.29, 0.717) is 0 Å². The zero-order valence-corrected chi connectivity index (χ0v) is 16.6. The van der Waals surface area contributed by atoms with Crippen LogP contribution in [-0.2, 0) is 9.59 Å². The predicted molar refractivity (Wildman–Crippen MR) is 112 cm³/mol. The summed E-state index contributed by atoms with van der Waals surface area (Å²) in [6, 6.07) is 11.0. The van der Waals surface area contributed by atoms with Crippen LogP contribution < -0.4 is 4.90 Å². The van der Waals surface area contributed by atoms with Crippen LogP contribution in [0.25, 0.3) is 5.76 Å². The van der Waals surface area contributed by atoms with Crippen LogP contribution in [0, 0.1) is 21.7 Å². The lowest BCUT2D eigenvalue weighted by atomic mass is 9.94. The summed E-state index contributed by atoms with van der Waals surface area (Å²) in [4.78, 5) is 37.4. The Morgan fingerprint density at radius 3 is 2.09 bits per heavy atom. The molecule has 0 bridgehead atoms. The number of halogens is 2. The van der Waals surface area contributed by atoms with E-state index in [1.54, 1.807) is 0 Å². The number of nitrogens with zero attached hydrogens (tertiary/aromatic N) is 2. The first-order chi connectivity index (χ1) is 15.7. The fourth-order valence-electron chi connectivity index (χ4n) is 3.64. The molecule has 3 aromatic rings. The first-order valence-electron chi connectivity index (χ1n) is 9.49. The number of aliphatic hydroxyl groups excluding tert-OH is 1. The minimum absolute atomic E-state index is 0.0340. The number of nitro benzene ring substituents is 1. The number of benzene rings is 3. The van der Waals surface area contributed by atoms with Crippen molar-refractivity contribution in [3.63, 3.8) is 0 Å². The molecule has 0 aliphatic carbocycles. The Morgan fingerprint density at radius 2 is 1.52 bits per heavy atom. The Bertz CT molecular complexity index is 1320. The number of carbonyl (C=O) groups excluding carboxylic acids is 2. The van der Waals surface area contributed by atoms with E-state index in [1.807, 2.05) is 0 Å². The van der Waals surface area contributed by atoms with Crippen LogP contribution in [0.4, 0.5) is 20.2 Å². The smallest absolute Gasteiger partial charge is 0.311 e. The fraction of sp³-hybridized carbons (Fsp3) is 0.0435. The van der Waals surface area contributed by atoms with Crippen molar-refractivity contribution < 1.29 is 33.5 Å². The lowest BCUT2D eigenvalue weighted by Crippen LogP contribution is -2.29. The molecule has 33 heavy (non-hydrogen) atoms. The summed E-state index contributed by atoms with van der Waals surface area (Å²) in [7, 11) is 0. The average Bonchev–Trinajstić information content (AvgIpc) is 3.05. The number of ketones is 1. The number of hydrogen-bond acceptors (Lipinski definition) is 6. The number of hydrogen-bond donors (Lipinski definition) is 2. The minimum Gasteiger partial charge on any atom is -0.507 e. The van der Waals surface area contributed by atoms with Gasteiger partial charge in [-0.05, 0) is 60.2 Å². The molecular formula is C23H14F2N2O6. The number of phenolic OH excluding ortho intramolecular Hbond substituents is 1. The van der Waals surface area contributed by atoms with E-state index in [1.165, 1.54) is 30.3 Å². The van der Waals surface area contributed by atoms with Crippen molar-refractivity contribution in [1.29, 1.82) is 0 Å². The normalized spacial score (nSPS) is 17.4. The van der Waals surface area contributed by atoms with Crippen molar-refractivity contribution in [2.45, 2.75) is 6.04 Å². The summed E-state index contributed by atoms with van der Waals surface area (Å²) in [6.45, 7) is 0. The Kier molecular flexibility index (Phi) is 5.34. The van der Waals surface area contributed by atoms with Gasteiger partial charge in [0.05, 0.1) is 16.5 Å². The van der Waals surface area contributed by atoms with Gasteiger partial charge in [-0.3, -0.25) is 24.6 Å². The molecule has 1 aliphatic heterocycles. The van der Waals surface area contributed by atoms with Crippen molar-refractivity contribution in [2.75, 3.05) is 4.90 Å². The van der Waals surface area contributed by atoms with Crippen LogP contribution in [0.1, 0.15) is 17.2 Å². The molecule has 10 heteroatoms. The van der Waals surface area contributed by atoms with E-state index >= 15 is 0 Å². The first kappa shape index (κ1) is 21.6. The van der Waals surface area contributed by atoms with Crippen molar-refractivity contribution in [3.05, 3.63) is 105 Å². The molecular weight excluding hydrogens is 438 g/mol. The molecule has 1 amide bonds. The van der Waals surface area contributed by atoms with Gasteiger partial charge in [-0.2, -0.15) is 0 Å². The molecule has 2 N–H and O–H groups in total. The molecule has 1 fully saturated rings.